The average molecular weight is 295 g/mol. The first-order valence-electron chi connectivity index (χ1n) is 7.86. The number of nitrogens with zero attached hydrogens (tertiary/aromatic N) is 2. The molecule has 0 saturated carbocycles. The van der Waals surface area contributed by atoms with Gasteiger partial charge in [-0.1, -0.05) is 18.2 Å². The van der Waals surface area contributed by atoms with Crippen LogP contribution in [0, 0.1) is 0 Å². The number of amides is 1. The number of aryl methyl sites for hydroxylation is 1. The minimum absolute atomic E-state index is 0.200. The number of benzene rings is 1. The Balaban J connectivity index is 1.83. The molecule has 0 atom stereocenters. The number of aromatic nitrogens is 2. The normalized spacial score (nSPS) is 11.2. The van der Waals surface area contributed by atoms with Gasteiger partial charge in [0.15, 0.2) is 0 Å². The summed E-state index contributed by atoms with van der Waals surface area (Å²) < 4.78 is 0. The summed E-state index contributed by atoms with van der Waals surface area (Å²) in [7, 11) is 0. The topological polar surface area (TPSA) is 49.0 Å². The van der Waals surface area contributed by atoms with E-state index in [0.717, 1.165) is 29.8 Å². The molecule has 1 amide bonds. The molecule has 22 heavy (non-hydrogen) atoms. The van der Waals surface area contributed by atoms with Gasteiger partial charge in [-0.2, -0.15) is 0 Å². The summed E-state index contributed by atoms with van der Waals surface area (Å²) in [5.41, 5.74) is 3.13. The van der Waals surface area contributed by atoms with Crippen LogP contribution >= 0.6 is 0 Å². The van der Waals surface area contributed by atoms with Crippen LogP contribution in [0.3, 0.4) is 0 Å². The van der Waals surface area contributed by atoms with Crippen molar-refractivity contribution in [1.29, 1.82) is 0 Å². The van der Waals surface area contributed by atoms with Gasteiger partial charge in [0.05, 0.1) is 11.7 Å². The lowest BCUT2D eigenvalue weighted by Gasteiger charge is -2.18. The van der Waals surface area contributed by atoms with E-state index in [0.29, 0.717) is 12.8 Å². The van der Waals surface area contributed by atoms with E-state index in [1.54, 1.807) is 0 Å². The van der Waals surface area contributed by atoms with Gasteiger partial charge >= 0.3 is 0 Å². The first kappa shape index (κ1) is 14.6. The number of aromatic amines is 1. The minimum atomic E-state index is 0.200. The highest BCUT2D eigenvalue weighted by Gasteiger charge is 2.11. The van der Waals surface area contributed by atoms with Crippen molar-refractivity contribution >= 4 is 27.7 Å². The van der Waals surface area contributed by atoms with Crippen molar-refractivity contribution in [2.75, 3.05) is 13.1 Å². The summed E-state index contributed by atoms with van der Waals surface area (Å²) in [6.07, 6.45) is 3.07. The lowest BCUT2D eigenvalue weighted by atomic mass is 10.1. The van der Waals surface area contributed by atoms with Gasteiger partial charge in [-0.25, -0.2) is 0 Å². The monoisotopic (exact) mass is 295 g/mol. The Morgan fingerprint density at radius 1 is 1.14 bits per heavy atom. The Labute approximate surface area is 130 Å². The molecule has 0 unspecified atom stereocenters. The fourth-order valence-electron chi connectivity index (χ4n) is 2.90. The predicted molar refractivity (Wildman–Crippen MR) is 89.8 cm³/mol. The van der Waals surface area contributed by atoms with Crippen LogP contribution in [0.25, 0.3) is 21.8 Å². The number of fused-ring (bicyclic) bond motifs is 3. The quantitative estimate of drug-likeness (QED) is 0.783. The third-order valence-corrected chi connectivity index (χ3v) is 4.16. The molecule has 0 bridgehead atoms. The third kappa shape index (κ3) is 2.69. The summed E-state index contributed by atoms with van der Waals surface area (Å²) >= 11 is 0. The van der Waals surface area contributed by atoms with Gasteiger partial charge in [0.1, 0.15) is 0 Å². The van der Waals surface area contributed by atoms with Crippen molar-refractivity contribution in [3.8, 4) is 0 Å². The number of carbonyl (C=O) groups excluding carboxylic acids is 1. The molecule has 114 valence electrons. The van der Waals surface area contributed by atoms with Crippen LogP contribution in [0.4, 0.5) is 0 Å². The van der Waals surface area contributed by atoms with Crippen molar-refractivity contribution in [3.63, 3.8) is 0 Å². The molecule has 0 fully saturated rings. The van der Waals surface area contributed by atoms with Crippen molar-refractivity contribution in [2.24, 2.45) is 0 Å². The van der Waals surface area contributed by atoms with Crippen molar-refractivity contribution in [3.05, 3.63) is 42.2 Å². The van der Waals surface area contributed by atoms with Crippen LogP contribution in [0.1, 0.15) is 26.0 Å². The second-order valence-electron chi connectivity index (χ2n) is 5.46. The molecule has 3 aromatic rings. The summed E-state index contributed by atoms with van der Waals surface area (Å²) in [6.45, 7) is 5.56. The molecule has 2 heterocycles. The minimum Gasteiger partial charge on any atom is -0.353 e. The number of pyridine rings is 1. The summed E-state index contributed by atoms with van der Waals surface area (Å²) in [4.78, 5) is 21.8. The Hall–Kier alpha value is -2.36. The third-order valence-electron chi connectivity index (χ3n) is 4.16. The molecule has 0 aliphatic rings. The lowest BCUT2D eigenvalue weighted by molar-refractivity contribution is -0.130. The van der Waals surface area contributed by atoms with Gasteiger partial charge in [0.2, 0.25) is 5.91 Å². The van der Waals surface area contributed by atoms with Crippen molar-refractivity contribution in [2.45, 2.75) is 26.7 Å². The van der Waals surface area contributed by atoms with E-state index in [1.807, 2.05) is 37.1 Å². The van der Waals surface area contributed by atoms with E-state index in [2.05, 4.69) is 28.2 Å². The molecular weight excluding hydrogens is 274 g/mol. The molecule has 0 aliphatic heterocycles. The fraction of sp³-hybridized carbons (Fsp3) is 0.333. The van der Waals surface area contributed by atoms with Crippen LogP contribution < -0.4 is 0 Å². The van der Waals surface area contributed by atoms with E-state index in [4.69, 9.17) is 0 Å². The largest absolute Gasteiger partial charge is 0.353 e. The Morgan fingerprint density at radius 3 is 2.68 bits per heavy atom. The van der Waals surface area contributed by atoms with Gasteiger partial charge in [-0.3, -0.25) is 9.78 Å². The van der Waals surface area contributed by atoms with Crippen LogP contribution in [-0.4, -0.2) is 33.9 Å². The van der Waals surface area contributed by atoms with E-state index in [1.165, 1.54) is 10.8 Å². The molecule has 1 N–H and O–H groups in total. The maximum atomic E-state index is 12.1. The number of rotatable bonds is 5. The molecule has 0 spiro atoms. The molecule has 0 aliphatic carbocycles. The second kappa shape index (κ2) is 6.18. The van der Waals surface area contributed by atoms with Crippen LogP contribution in [0.5, 0.6) is 0 Å². The van der Waals surface area contributed by atoms with Gasteiger partial charge in [-0.05, 0) is 32.4 Å². The molecule has 4 nitrogen and oxygen atoms in total. The maximum Gasteiger partial charge on any atom is 0.222 e. The zero-order valence-electron chi connectivity index (χ0n) is 13.1. The number of nitrogens with one attached hydrogen (secondary N) is 1. The van der Waals surface area contributed by atoms with Crippen LogP contribution in [0.15, 0.2) is 36.5 Å². The van der Waals surface area contributed by atoms with Crippen molar-refractivity contribution < 1.29 is 4.79 Å². The SMILES string of the molecule is CCN(CC)C(=O)CCc1cc2c(cn1)[nH]c1ccccc12. The van der Waals surface area contributed by atoms with E-state index >= 15 is 0 Å². The van der Waals surface area contributed by atoms with Gasteiger partial charge in [-0.15, -0.1) is 0 Å². The van der Waals surface area contributed by atoms with Gasteiger partial charge in [0.25, 0.3) is 0 Å². The molecule has 0 radical (unpaired) electrons. The van der Waals surface area contributed by atoms with Crippen LogP contribution in [0.2, 0.25) is 0 Å². The standard InChI is InChI=1S/C18H21N3O/c1-3-21(4-2)18(22)10-9-13-11-15-14-7-5-6-8-16(14)20-17(15)12-19-13/h5-8,11-12,20H,3-4,9-10H2,1-2H3. The predicted octanol–water partition coefficient (Wildman–Crippen LogP) is 3.52. The summed E-state index contributed by atoms with van der Waals surface area (Å²) in [6, 6.07) is 10.3. The number of carbonyl (C=O) groups is 1. The van der Waals surface area contributed by atoms with Gasteiger partial charge in [0, 0.05) is 41.5 Å². The number of hydrogen-bond acceptors (Lipinski definition) is 2. The maximum absolute atomic E-state index is 12.1. The number of para-hydroxylation sites is 1. The van der Waals surface area contributed by atoms with E-state index < -0.39 is 0 Å². The Kier molecular flexibility index (Phi) is 4.09. The summed E-state index contributed by atoms with van der Waals surface area (Å²) in [5.74, 6) is 0.200. The zero-order chi connectivity index (χ0) is 15.5. The molecular formula is C18H21N3O. The highest BCUT2D eigenvalue weighted by molar-refractivity contribution is 6.06. The lowest BCUT2D eigenvalue weighted by Crippen LogP contribution is -2.30. The Morgan fingerprint density at radius 2 is 1.91 bits per heavy atom. The molecule has 3 rings (SSSR count). The molecule has 0 saturated heterocycles. The molecule has 2 aromatic heterocycles. The summed E-state index contributed by atoms with van der Waals surface area (Å²) in [5, 5.41) is 2.38. The highest BCUT2D eigenvalue weighted by Crippen LogP contribution is 2.25. The molecule has 1 aromatic carbocycles. The first-order valence-corrected chi connectivity index (χ1v) is 7.86. The van der Waals surface area contributed by atoms with E-state index in [-0.39, 0.29) is 5.91 Å². The van der Waals surface area contributed by atoms with Crippen molar-refractivity contribution in [1.82, 2.24) is 14.9 Å². The number of H-pyrrole nitrogens is 1. The average Bonchev–Trinajstić information content (AvgIpc) is 2.92. The highest BCUT2D eigenvalue weighted by atomic mass is 16.2. The smallest absolute Gasteiger partial charge is 0.222 e. The zero-order valence-corrected chi connectivity index (χ0v) is 13.1. The van der Waals surface area contributed by atoms with Gasteiger partial charge < -0.3 is 9.88 Å². The first-order chi connectivity index (χ1) is 10.7. The number of hydrogen-bond donors (Lipinski definition) is 1. The molecule has 4 heteroatoms. The fourth-order valence-corrected chi connectivity index (χ4v) is 2.90. The van der Waals surface area contributed by atoms with E-state index in [9.17, 15) is 4.79 Å². The Bertz CT molecular complexity index is 802. The van der Waals surface area contributed by atoms with Crippen LogP contribution in [-0.2, 0) is 11.2 Å². The second-order valence-corrected chi connectivity index (χ2v) is 5.46.